The van der Waals surface area contributed by atoms with E-state index in [0.29, 0.717) is 11.6 Å². The number of amides is 1. The van der Waals surface area contributed by atoms with Gasteiger partial charge in [0.2, 0.25) is 5.91 Å². The highest BCUT2D eigenvalue weighted by atomic mass is 19.4. The summed E-state index contributed by atoms with van der Waals surface area (Å²) in [6.45, 7) is 1.83. The quantitative estimate of drug-likeness (QED) is 0.287. The van der Waals surface area contributed by atoms with Gasteiger partial charge in [0.25, 0.3) is 5.56 Å². The summed E-state index contributed by atoms with van der Waals surface area (Å²) in [7, 11) is 0. The predicted molar refractivity (Wildman–Crippen MR) is 156 cm³/mol. The van der Waals surface area contributed by atoms with Crippen molar-refractivity contribution in [3.8, 4) is 16.9 Å². The van der Waals surface area contributed by atoms with Gasteiger partial charge in [0, 0.05) is 29.8 Å². The molecule has 0 spiro atoms. The second-order valence-electron chi connectivity index (χ2n) is 10.8. The van der Waals surface area contributed by atoms with Crippen molar-refractivity contribution in [3.05, 3.63) is 122 Å². The van der Waals surface area contributed by atoms with Gasteiger partial charge in [-0.15, -0.1) is 0 Å². The second-order valence-corrected chi connectivity index (χ2v) is 10.8. The number of likely N-dealkylation sites (tertiary alicyclic amines) is 1. The van der Waals surface area contributed by atoms with Crippen LogP contribution in [0, 0.1) is 18.6 Å². The third kappa shape index (κ3) is 6.25. The van der Waals surface area contributed by atoms with Crippen molar-refractivity contribution >= 4 is 5.91 Å². The molecule has 1 aliphatic rings. The normalized spacial score (nSPS) is 14.3. The van der Waals surface area contributed by atoms with Crippen molar-refractivity contribution in [2.75, 3.05) is 13.1 Å². The molecule has 0 bridgehead atoms. The Labute approximate surface area is 254 Å². The Bertz CT molecular complexity index is 1860. The molecule has 8 nitrogen and oxygen atoms in total. The Kier molecular flexibility index (Phi) is 8.66. The van der Waals surface area contributed by atoms with Crippen molar-refractivity contribution in [1.29, 1.82) is 0 Å². The van der Waals surface area contributed by atoms with Gasteiger partial charge in [-0.25, -0.2) is 13.6 Å². The molecule has 0 unspecified atom stereocenters. The lowest BCUT2D eigenvalue weighted by molar-refractivity contribution is -0.138. The molecule has 0 aliphatic carbocycles. The number of hydrogen-bond acceptors (Lipinski definition) is 5. The summed E-state index contributed by atoms with van der Waals surface area (Å²) in [6, 6.07) is 14.0. The maximum atomic E-state index is 16.0. The Balaban J connectivity index is 1.67. The number of nitrogens with two attached hydrogens (primary N) is 1. The summed E-state index contributed by atoms with van der Waals surface area (Å²) in [5, 5.41) is 0. The zero-order chi connectivity index (χ0) is 32.6. The van der Waals surface area contributed by atoms with E-state index in [4.69, 9.17) is 10.5 Å². The van der Waals surface area contributed by atoms with Crippen LogP contribution < -0.4 is 21.7 Å². The first-order valence-corrected chi connectivity index (χ1v) is 14.0. The first-order chi connectivity index (χ1) is 21.3. The topological polar surface area (TPSA) is 99.6 Å². The number of carbonyl (C=O) groups is 1. The van der Waals surface area contributed by atoms with Gasteiger partial charge >= 0.3 is 11.9 Å². The van der Waals surface area contributed by atoms with Gasteiger partial charge in [-0.1, -0.05) is 48.5 Å². The first kappa shape index (κ1) is 31.6. The van der Waals surface area contributed by atoms with E-state index >= 15 is 4.39 Å². The maximum absolute atomic E-state index is 16.0. The molecule has 3 aromatic carbocycles. The van der Waals surface area contributed by atoms with E-state index in [1.165, 1.54) is 36.9 Å². The molecule has 0 radical (unpaired) electrons. The molecule has 236 valence electrons. The molecule has 1 atom stereocenters. The van der Waals surface area contributed by atoms with E-state index in [1.54, 1.807) is 30.3 Å². The minimum Gasteiger partial charge on any atom is -0.484 e. The number of alkyl halides is 3. The first-order valence-electron chi connectivity index (χ1n) is 14.0. The average molecular weight is 629 g/mol. The number of hydrogen-bond donors (Lipinski definition) is 1. The van der Waals surface area contributed by atoms with Crippen molar-refractivity contribution in [1.82, 2.24) is 14.0 Å². The molecule has 2 heterocycles. The van der Waals surface area contributed by atoms with E-state index in [2.05, 4.69) is 0 Å². The van der Waals surface area contributed by atoms with Crippen LogP contribution in [0.3, 0.4) is 0 Å². The Hall–Kier alpha value is -4.78. The van der Waals surface area contributed by atoms with Crippen LogP contribution in [0.25, 0.3) is 11.1 Å². The van der Waals surface area contributed by atoms with Gasteiger partial charge in [0.1, 0.15) is 11.9 Å². The van der Waals surface area contributed by atoms with Gasteiger partial charge in [-0.05, 0) is 30.7 Å². The fourth-order valence-corrected chi connectivity index (χ4v) is 5.35. The van der Waals surface area contributed by atoms with Gasteiger partial charge in [-0.2, -0.15) is 13.2 Å². The van der Waals surface area contributed by atoms with Crippen LogP contribution >= 0.6 is 0 Å². The van der Waals surface area contributed by atoms with Crippen LogP contribution in [0.4, 0.5) is 22.0 Å². The number of benzene rings is 3. The predicted octanol–water partition coefficient (Wildman–Crippen LogP) is 4.64. The highest BCUT2D eigenvalue weighted by Crippen LogP contribution is 2.34. The van der Waals surface area contributed by atoms with E-state index in [9.17, 15) is 31.9 Å². The fraction of sp³-hybridized carbons (Fsp3) is 0.281. The zero-order valence-electron chi connectivity index (χ0n) is 24.3. The Morgan fingerprint density at radius 2 is 1.64 bits per heavy atom. The van der Waals surface area contributed by atoms with E-state index < -0.39 is 65.4 Å². The van der Waals surface area contributed by atoms with Crippen LogP contribution in [-0.4, -0.2) is 39.1 Å². The summed E-state index contributed by atoms with van der Waals surface area (Å²) >= 11 is 0. The van der Waals surface area contributed by atoms with Gasteiger partial charge in [0.15, 0.2) is 11.6 Å². The molecule has 1 saturated heterocycles. The molecule has 2 N–H and O–H groups in total. The summed E-state index contributed by atoms with van der Waals surface area (Å²) < 4.78 is 79.8. The number of carbonyl (C=O) groups excluding carboxylic acids is 1. The minimum absolute atomic E-state index is 0.167. The third-order valence-corrected chi connectivity index (χ3v) is 7.85. The average Bonchev–Trinajstić information content (AvgIpc) is 2.96. The lowest BCUT2D eigenvalue weighted by atomic mass is 10.0. The fourth-order valence-electron chi connectivity index (χ4n) is 5.35. The summed E-state index contributed by atoms with van der Waals surface area (Å²) in [5.41, 5.74) is 1.99. The molecule has 1 fully saturated rings. The van der Waals surface area contributed by atoms with Crippen molar-refractivity contribution in [2.24, 2.45) is 5.73 Å². The minimum atomic E-state index is -4.95. The second kappa shape index (κ2) is 12.3. The van der Waals surface area contributed by atoms with Crippen LogP contribution in [0.2, 0.25) is 0 Å². The van der Waals surface area contributed by atoms with Crippen molar-refractivity contribution < 1.29 is 31.5 Å². The monoisotopic (exact) mass is 628 g/mol. The summed E-state index contributed by atoms with van der Waals surface area (Å²) in [5.74, 6) is -2.55. The number of rotatable bonds is 8. The van der Waals surface area contributed by atoms with Crippen LogP contribution in [0.1, 0.15) is 35.3 Å². The molecule has 0 saturated carbocycles. The molecule has 1 aromatic heterocycles. The van der Waals surface area contributed by atoms with E-state index in [-0.39, 0.29) is 41.6 Å². The highest BCUT2D eigenvalue weighted by molar-refractivity contribution is 5.74. The number of aromatic nitrogens is 2. The van der Waals surface area contributed by atoms with E-state index in [1.807, 2.05) is 0 Å². The largest absolute Gasteiger partial charge is 0.484 e. The lowest BCUT2D eigenvalue weighted by Gasteiger charge is -2.38. The molecule has 4 aromatic rings. The van der Waals surface area contributed by atoms with Crippen LogP contribution in [-0.2, 0) is 24.1 Å². The van der Waals surface area contributed by atoms with Crippen LogP contribution in [0.15, 0.2) is 76.3 Å². The van der Waals surface area contributed by atoms with Crippen molar-refractivity contribution in [3.63, 3.8) is 0 Å². The van der Waals surface area contributed by atoms with E-state index in [0.717, 1.165) is 21.3 Å². The van der Waals surface area contributed by atoms with Gasteiger partial charge in [0.05, 0.1) is 37.3 Å². The molecular weight excluding hydrogens is 599 g/mol. The number of ether oxygens (including phenoxy) is 1. The van der Waals surface area contributed by atoms with Gasteiger partial charge in [-0.3, -0.25) is 18.7 Å². The third-order valence-electron chi connectivity index (χ3n) is 7.85. The smallest absolute Gasteiger partial charge is 0.416 e. The molecular formula is C32H29F5N4O4. The summed E-state index contributed by atoms with van der Waals surface area (Å²) in [4.78, 5) is 40.7. The molecule has 5 rings (SSSR count). The zero-order valence-corrected chi connectivity index (χ0v) is 24.3. The lowest BCUT2D eigenvalue weighted by Crippen LogP contribution is -2.55. The van der Waals surface area contributed by atoms with Crippen molar-refractivity contribution in [2.45, 2.75) is 45.3 Å². The number of nitrogens with zero attached hydrogens (tertiary/aromatic N) is 3. The highest BCUT2D eigenvalue weighted by Gasteiger charge is 2.35. The van der Waals surface area contributed by atoms with Gasteiger partial charge < -0.3 is 15.4 Å². The summed E-state index contributed by atoms with van der Waals surface area (Å²) in [6.07, 6.45) is -5.45. The maximum Gasteiger partial charge on any atom is 0.416 e. The van der Waals surface area contributed by atoms with Crippen LogP contribution in [0.5, 0.6) is 5.75 Å². The Morgan fingerprint density at radius 1 is 0.978 bits per heavy atom. The Morgan fingerprint density at radius 3 is 2.29 bits per heavy atom. The SMILES string of the molecule is CC(=O)N1CC(Oc2cccc(-c3c(C)n(Cc4c(F)cccc4C(F)(F)F)c(=O)n(C[C@H](N)c4ccccc4)c3=O)c2F)C1. The standard InChI is InChI=1S/C32H29F5N4O4/c1-18-28(22-10-6-13-27(29(22)34)45-21-14-39(15-21)19(2)42)30(43)41(17-26(38)20-8-4-3-5-9-20)31(44)40(18)16-23-24(32(35,36)37)11-7-12-25(23)33/h3-13,21,26H,14-17,38H2,1-2H3/t26-/m0/s1. The number of halogens is 5. The molecule has 45 heavy (non-hydrogen) atoms. The molecule has 1 aliphatic heterocycles. The molecule has 13 heteroatoms. The molecule has 1 amide bonds.